The Morgan fingerprint density at radius 2 is 1.47 bits per heavy atom. The van der Waals surface area contributed by atoms with Gasteiger partial charge in [0, 0.05) is 50.4 Å². The molecule has 4 aliphatic rings. The molecule has 0 unspecified atom stereocenters. The molecule has 4 rings (SSSR count). The van der Waals surface area contributed by atoms with E-state index in [0.717, 1.165) is 0 Å². The van der Waals surface area contributed by atoms with Crippen LogP contribution in [0.5, 0.6) is 0 Å². The highest BCUT2D eigenvalue weighted by Gasteiger charge is 2.61. The van der Waals surface area contributed by atoms with Crippen molar-refractivity contribution in [3.05, 3.63) is 0 Å². The lowest BCUT2D eigenvalue weighted by molar-refractivity contribution is -0.315. The van der Waals surface area contributed by atoms with Crippen LogP contribution in [0.4, 0.5) is 4.79 Å². The summed E-state index contributed by atoms with van der Waals surface area (Å²) in [4.78, 5) is 46.9. The smallest absolute Gasteiger partial charge is 0.410 e. The van der Waals surface area contributed by atoms with E-state index in [1.54, 1.807) is 41.7 Å². The summed E-state index contributed by atoms with van der Waals surface area (Å²) in [6.07, 6.45) is -5.88. The number of nitrogens with two attached hydrogens (primary N) is 1. The summed E-state index contributed by atoms with van der Waals surface area (Å²) in [6, 6.07) is -0.906. The molecule has 4 aliphatic heterocycles. The SMILES string of the molecule is CC[C@H]1OC(=O)[C@H](C)[C@@H](O[C@H]2C[C@@](C)(OC)[C@@H](O[Si](C)(C)C)[C@H](C)O2)[C@@H](C)[C@@H](O[C@@H]2O[C@H](C)C[C@H](N(C)C)[C@H]2O[Si](C)(C)C)[C@@](C)(O)C[C@@H](C)C(=O)[C@H](C)[C@@H]2N(CCN)C(=O)O[C@@]21C. The number of hydrogen-bond donors (Lipinski definition) is 2. The molecule has 0 bridgehead atoms. The number of nitrogens with zero attached hydrogens (tertiary/aromatic N) is 2. The Morgan fingerprint density at radius 3 is 2.00 bits per heavy atom. The zero-order valence-electron chi connectivity index (χ0n) is 42.7. The van der Waals surface area contributed by atoms with Gasteiger partial charge < -0.3 is 57.8 Å². The van der Waals surface area contributed by atoms with Gasteiger partial charge in [-0.05, 0) is 114 Å². The molecule has 16 nitrogen and oxygen atoms in total. The van der Waals surface area contributed by atoms with Crippen LogP contribution in [-0.4, -0.2) is 168 Å². The van der Waals surface area contributed by atoms with Crippen molar-refractivity contribution in [1.29, 1.82) is 0 Å². The number of hydrogen-bond acceptors (Lipinski definition) is 15. The monoisotopic (exact) mass is 946 g/mol. The van der Waals surface area contributed by atoms with Crippen LogP contribution in [0, 0.1) is 23.7 Å². The molecule has 3 N–H and O–H groups in total. The quantitative estimate of drug-likeness (QED) is 0.163. The minimum atomic E-state index is -2.21. The third kappa shape index (κ3) is 12.4. The predicted octanol–water partition coefficient (Wildman–Crippen LogP) is 5.93. The number of rotatable bonds is 13. The molecule has 0 aromatic heterocycles. The van der Waals surface area contributed by atoms with Crippen LogP contribution < -0.4 is 5.73 Å². The Bertz CT molecular complexity index is 1600. The van der Waals surface area contributed by atoms with E-state index in [-0.39, 0.29) is 50.3 Å². The largest absolute Gasteiger partial charge is 0.458 e. The number of ether oxygens (including phenoxy) is 7. The molecule has 64 heavy (non-hydrogen) atoms. The summed E-state index contributed by atoms with van der Waals surface area (Å²) in [5.41, 5.74) is 2.05. The molecular weight excluding hydrogens is 859 g/mol. The lowest BCUT2D eigenvalue weighted by Crippen LogP contribution is -2.63. The Morgan fingerprint density at radius 1 is 0.859 bits per heavy atom. The number of amides is 1. The van der Waals surface area contributed by atoms with Crippen molar-refractivity contribution < 1.29 is 61.5 Å². The Kier molecular flexibility index (Phi) is 18.0. The molecule has 18 heteroatoms. The average molecular weight is 946 g/mol. The van der Waals surface area contributed by atoms with Gasteiger partial charge in [0.15, 0.2) is 34.8 Å². The number of methoxy groups -OCH3 is 1. The van der Waals surface area contributed by atoms with Crippen LogP contribution >= 0.6 is 0 Å². The van der Waals surface area contributed by atoms with Crippen molar-refractivity contribution in [2.45, 2.75) is 218 Å². The summed E-state index contributed by atoms with van der Waals surface area (Å²) < 4.78 is 59.8. The molecule has 4 heterocycles. The van der Waals surface area contributed by atoms with Gasteiger partial charge in [0.25, 0.3) is 0 Å². The first-order chi connectivity index (χ1) is 29.3. The molecule has 1 amide bonds. The van der Waals surface area contributed by atoms with E-state index in [1.165, 1.54) is 4.90 Å². The molecule has 0 aliphatic carbocycles. The fraction of sp³-hybridized carbons (Fsp3) is 0.935. The maximum Gasteiger partial charge on any atom is 0.410 e. The van der Waals surface area contributed by atoms with Crippen molar-refractivity contribution in [3.8, 4) is 0 Å². The standard InChI is InChI=1S/C46H87N3O13Si2/c1-20-33-46(10)38(49(22-21-47)43(52)60-46)28(4)35(50)26(2)24-44(8,53)39(59-42-37(61-63(14,15)16)32(48(11)12)23-27(3)55-42)29(5)36(30(6)41(51)57-33)58-34-25-45(9,54-13)40(31(7)56-34)62-64(17,18)19/h26-34,36-40,42,53H,20-25,47H2,1-19H3/t26-,27-,28+,29-,30-,31+,32+,33-,34+,36+,37-,38+,39-,40+,42+,44+,45-,46-/m1/s1. The minimum Gasteiger partial charge on any atom is -0.458 e. The topological polar surface area (TPSA) is 187 Å². The zero-order valence-corrected chi connectivity index (χ0v) is 44.7. The fourth-order valence-corrected chi connectivity index (χ4v) is 13.2. The first-order valence-corrected chi connectivity index (χ1v) is 30.5. The molecule has 18 atom stereocenters. The minimum absolute atomic E-state index is 0.0313. The average Bonchev–Trinajstić information content (AvgIpc) is 3.43. The van der Waals surface area contributed by atoms with E-state index in [9.17, 15) is 19.5 Å². The van der Waals surface area contributed by atoms with Gasteiger partial charge in [0.05, 0.1) is 53.7 Å². The van der Waals surface area contributed by atoms with Gasteiger partial charge in [-0.15, -0.1) is 0 Å². The number of aliphatic hydroxyl groups is 1. The first kappa shape index (κ1) is 55.0. The van der Waals surface area contributed by atoms with Gasteiger partial charge in [0.2, 0.25) is 0 Å². The first-order valence-electron chi connectivity index (χ1n) is 23.7. The van der Waals surface area contributed by atoms with Crippen LogP contribution in [0.1, 0.15) is 94.9 Å². The highest BCUT2D eigenvalue weighted by molar-refractivity contribution is 6.70. The van der Waals surface area contributed by atoms with E-state index < -0.39 is 124 Å². The van der Waals surface area contributed by atoms with Crippen molar-refractivity contribution in [2.24, 2.45) is 29.4 Å². The maximum absolute atomic E-state index is 14.9. The second kappa shape index (κ2) is 21.0. The van der Waals surface area contributed by atoms with Gasteiger partial charge in [0.1, 0.15) is 18.0 Å². The number of ketones is 1. The molecule has 4 saturated heterocycles. The highest BCUT2D eigenvalue weighted by Crippen LogP contribution is 2.45. The van der Waals surface area contributed by atoms with Gasteiger partial charge >= 0.3 is 12.1 Å². The molecular formula is C46H87N3O13Si2. The van der Waals surface area contributed by atoms with E-state index in [1.807, 2.05) is 48.7 Å². The van der Waals surface area contributed by atoms with Gasteiger partial charge in [-0.1, -0.05) is 27.7 Å². The lowest BCUT2D eigenvalue weighted by atomic mass is 9.73. The number of cyclic esters (lactones) is 1. The van der Waals surface area contributed by atoms with Crippen LogP contribution in [0.25, 0.3) is 0 Å². The van der Waals surface area contributed by atoms with Gasteiger partial charge in [-0.3, -0.25) is 14.5 Å². The number of fused-ring (bicyclic) bond motifs is 1. The predicted molar refractivity (Wildman–Crippen MR) is 248 cm³/mol. The van der Waals surface area contributed by atoms with E-state index in [2.05, 4.69) is 44.2 Å². The molecule has 0 radical (unpaired) electrons. The number of likely N-dealkylation sites (N-methyl/N-ethyl adjacent to an activating group) is 1. The summed E-state index contributed by atoms with van der Waals surface area (Å²) >= 11 is 0. The van der Waals surface area contributed by atoms with Crippen LogP contribution in [0.3, 0.4) is 0 Å². The number of carbonyl (C=O) groups is 3. The van der Waals surface area contributed by atoms with Crippen molar-refractivity contribution in [1.82, 2.24) is 9.80 Å². The number of carbonyl (C=O) groups excluding carboxylic acids is 3. The number of esters is 1. The molecule has 0 aromatic carbocycles. The van der Waals surface area contributed by atoms with Crippen molar-refractivity contribution in [2.75, 3.05) is 34.3 Å². The molecule has 0 saturated carbocycles. The Balaban J connectivity index is 1.92. The van der Waals surface area contributed by atoms with Crippen LogP contribution in [-0.2, 0) is 51.6 Å². The Hall–Kier alpha value is -1.56. The normalized spacial score (nSPS) is 43.4. The second-order valence-electron chi connectivity index (χ2n) is 22.2. The number of Topliss-reactive ketones (excluding diaryl/α,β-unsaturated/α-hetero) is 1. The van der Waals surface area contributed by atoms with Crippen LogP contribution in [0.15, 0.2) is 0 Å². The molecule has 0 spiro atoms. The zero-order chi connectivity index (χ0) is 48.7. The molecule has 4 fully saturated rings. The van der Waals surface area contributed by atoms with E-state index in [0.29, 0.717) is 6.42 Å². The van der Waals surface area contributed by atoms with Crippen LogP contribution in [0.2, 0.25) is 39.3 Å². The lowest BCUT2D eigenvalue weighted by Gasteiger charge is -2.51. The second-order valence-corrected chi connectivity index (χ2v) is 31.1. The third-order valence-electron chi connectivity index (χ3n) is 13.9. The van der Waals surface area contributed by atoms with Gasteiger partial charge in [-0.2, -0.15) is 0 Å². The fourth-order valence-electron chi connectivity index (χ4n) is 10.9. The van der Waals surface area contributed by atoms with Crippen molar-refractivity contribution >= 4 is 34.5 Å². The maximum atomic E-state index is 14.9. The third-order valence-corrected chi connectivity index (χ3v) is 15.9. The van der Waals surface area contributed by atoms with E-state index >= 15 is 0 Å². The summed E-state index contributed by atoms with van der Waals surface area (Å²) in [5.74, 6) is -4.08. The summed E-state index contributed by atoms with van der Waals surface area (Å²) in [5, 5.41) is 13.0. The summed E-state index contributed by atoms with van der Waals surface area (Å²) in [7, 11) is 1.40. The van der Waals surface area contributed by atoms with Gasteiger partial charge in [-0.25, -0.2) is 4.79 Å². The Labute approximate surface area is 386 Å². The van der Waals surface area contributed by atoms with Crippen molar-refractivity contribution in [3.63, 3.8) is 0 Å². The van der Waals surface area contributed by atoms with E-state index in [4.69, 9.17) is 47.7 Å². The highest BCUT2D eigenvalue weighted by atomic mass is 28.4. The molecule has 0 aromatic rings. The molecule has 372 valence electrons. The summed E-state index contributed by atoms with van der Waals surface area (Å²) in [6.45, 7) is 31.3.